The lowest BCUT2D eigenvalue weighted by atomic mass is 10.0. The molecule has 0 aromatic heterocycles. The van der Waals surface area contributed by atoms with Crippen molar-refractivity contribution < 1.29 is 9.90 Å². The van der Waals surface area contributed by atoms with Crippen molar-refractivity contribution in [3.63, 3.8) is 0 Å². The molecule has 0 amide bonds. The fraction of sp³-hybridized carbons (Fsp3) is 0.300. The van der Waals surface area contributed by atoms with Crippen molar-refractivity contribution in [1.29, 1.82) is 0 Å². The van der Waals surface area contributed by atoms with Gasteiger partial charge in [0, 0.05) is 11.7 Å². The zero-order valence-corrected chi connectivity index (χ0v) is 7.81. The predicted molar refractivity (Wildman–Crippen MR) is 54.8 cm³/mol. The molecule has 0 radical (unpaired) electrons. The van der Waals surface area contributed by atoms with Gasteiger partial charge in [0.1, 0.15) is 0 Å². The lowest BCUT2D eigenvalue weighted by molar-refractivity contribution is -0.137. The van der Waals surface area contributed by atoms with Gasteiger partial charge in [-0.05, 0) is 24.1 Å². The van der Waals surface area contributed by atoms with Crippen LogP contribution in [0.4, 0.5) is 5.69 Å². The van der Waals surface area contributed by atoms with Gasteiger partial charge in [0.05, 0.1) is 6.42 Å². The smallest absolute Gasteiger partial charge is 0.304 e. The molecule has 76 valence electrons. The van der Waals surface area contributed by atoms with Crippen LogP contribution < -0.4 is 11.5 Å². The standard InChI is InChI=1S/C10H14N2O2/c11-8-3-1-2-7(4-8)5-9(12)6-10(13)14/h1-4,9H,5-6,11-12H2,(H,13,14). The minimum absolute atomic E-state index is 0.0190. The monoisotopic (exact) mass is 194 g/mol. The maximum atomic E-state index is 10.4. The van der Waals surface area contributed by atoms with Crippen molar-refractivity contribution in [2.45, 2.75) is 18.9 Å². The minimum atomic E-state index is -0.874. The Hall–Kier alpha value is -1.55. The van der Waals surface area contributed by atoms with E-state index in [0.717, 1.165) is 5.56 Å². The summed E-state index contributed by atoms with van der Waals surface area (Å²) in [6.45, 7) is 0. The van der Waals surface area contributed by atoms with E-state index in [4.69, 9.17) is 16.6 Å². The SMILES string of the molecule is Nc1cccc(CC(N)CC(=O)O)c1. The van der Waals surface area contributed by atoms with E-state index in [1.54, 1.807) is 6.07 Å². The summed E-state index contributed by atoms with van der Waals surface area (Å²) >= 11 is 0. The van der Waals surface area contributed by atoms with Crippen molar-refractivity contribution in [2.75, 3.05) is 5.73 Å². The van der Waals surface area contributed by atoms with Gasteiger partial charge in [-0.1, -0.05) is 12.1 Å². The highest BCUT2D eigenvalue weighted by Gasteiger charge is 2.08. The van der Waals surface area contributed by atoms with Gasteiger partial charge in [0.15, 0.2) is 0 Å². The number of nitrogens with two attached hydrogens (primary N) is 2. The van der Waals surface area contributed by atoms with E-state index in [1.165, 1.54) is 0 Å². The number of hydrogen-bond donors (Lipinski definition) is 3. The van der Waals surface area contributed by atoms with Crippen LogP contribution in [-0.4, -0.2) is 17.1 Å². The molecule has 5 N–H and O–H groups in total. The van der Waals surface area contributed by atoms with E-state index in [-0.39, 0.29) is 12.5 Å². The van der Waals surface area contributed by atoms with Crippen LogP contribution in [0, 0.1) is 0 Å². The molecule has 1 atom stereocenters. The van der Waals surface area contributed by atoms with E-state index in [1.807, 2.05) is 18.2 Å². The first kappa shape index (κ1) is 10.5. The Morgan fingerprint density at radius 2 is 2.21 bits per heavy atom. The Balaban J connectivity index is 2.55. The molecule has 1 aromatic rings. The molecule has 4 nitrogen and oxygen atoms in total. The first-order chi connectivity index (χ1) is 6.58. The minimum Gasteiger partial charge on any atom is -0.481 e. The first-order valence-electron chi connectivity index (χ1n) is 4.39. The van der Waals surface area contributed by atoms with Crippen LogP contribution in [0.1, 0.15) is 12.0 Å². The lowest BCUT2D eigenvalue weighted by Crippen LogP contribution is -2.26. The summed E-state index contributed by atoms with van der Waals surface area (Å²) in [5.74, 6) is -0.874. The zero-order valence-electron chi connectivity index (χ0n) is 7.81. The van der Waals surface area contributed by atoms with Crippen molar-refractivity contribution in [2.24, 2.45) is 5.73 Å². The highest BCUT2D eigenvalue weighted by Crippen LogP contribution is 2.09. The van der Waals surface area contributed by atoms with Crippen LogP contribution in [0.2, 0.25) is 0 Å². The predicted octanol–water partition coefficient (Wildman–Crippen LogP) is 0.613. The van der Waals surface area contributed by atoms with E-state index in [9.17, 15) is 4.79 Å². The first-order valence-corrected chi connectivity index (χ1v) is 4.39. The fourth-order valence-electron chi connectivity index (χ4n) is 1.32. The number of rotatable bonds is 4. The maximum Gasteiger partial charge on any atom is 0.304 e. The summed E-state index contributed by atoms with van der Waals surface area (Å²) in [5, 5.41) is 8.51. The number of carboxylic acids is 1. The van der Waals surface area contributed by atoms with Crippen LogP contribution in [0.5, 0.6) is 0 Å². The highest BCUT2D eigenvalue weighted by atomic mass is 16.4. The number of hydrogen-bond acceptors (Lipinski definition) is 3. The van der Waals surface area contributed by atoms with Gasteiger partial charge in [-0.3, -0.25) is 4.79 Å². The Bertz CT molecular complexity index is 326. The molecular weight excluding hydrogens is 180 g/mol. The third-order valence-corrected chi connectivity index (χ3v) is 1.89. The molecule has 0 aliphatic carbocycles. The van der Waals surface area contributed by atoms with Crippen LogP contribution in [0.15, 0.2) is 24.3 Å². The second-order valence-corrected chi connectivity index (χ2v) is 3.31. The maximum absolute atomic E-state index is 10.4. The van der Waals surface area contributed by atoms with Crippen molar-refractivity contribution in [3.05, 3.63) is 29.8 Å². The van der Waals surface area contributed by atoms with Gasteiger partial charge >= 0.3 is 5.97 Å². The summed E-state index contributed by atoms with van der Waals surface area (Å²) in [5.41, 5.74) is 12.9. The molecule has 1 aromatic carbocycles. The quantitative estimate of drug-likeness (QED) is 0.613. The molecule has 0 saturated heterocycles. The third-order valence-electron chi connectivity index (χ3n) is 1.89. The van der Waals surface area contributed by atoms with Crippen LogP contribution in [-0.2, 0) is 11.2 Å². The van der Waals surface area contributed by atoms with Gasteiger partial charge in [0.2, 0.25) is 0 Å². The molecule has 0 fully saturated rings. The van der Waals surface area contributed by atoms with E-state index in [0.29, 0.717) is 12.1 Å². The Labute approximate surface area is 82.5 Å². The van der Waals surface area contributed by atoms with Crippen LogP contribution in [0.25, 0.3) is 0 Å². The molecule has 0 aliphatic rings. The normalized spacial score (nSPS) is 12.4. The molecule has 1 unspecified atom stereocenters. The highest BCUT2D eigenvalue weighted by molar-refractivity contribution is 5.67. The van der Waals surface area contributed by atoms with Crippen LogP contribution in [0.3, 0.4) is 0 Å². The van der Waals surface area contributed by atoms with Gasteiger partial charge in [-0.15, -0.1) is 0 Å². The van der Waals surface area contributed by atoms with Gasteiger partial charge in [0.25, 0.3) is 0 Å². The van der Waals surface area contributed by atoms with Crippen LogP contribution >= 0.6 is 0 Å². The second-order valence-electron chi connectivity index (χ2n) is 3.31. The number of carbonyl (C=O) groups is 1. The average molecular weight is 194 g/mol. The number of nitrogen functional groups attached to an aromatic ring is 1. The summed E-state index contributed by atoms with van der Waals surface area (Å²) in [6, 6.07) is 6.96. The number of carboxylic acid groups (broad SMARTS) is 1. The zero-order chi connectivity index (χ0) is 10.6. The molecule has 0 heterocycles. The summed E-state index contributed by atoms with van der Waals surface area (Å²) in [6.07, 6.45) is 0.520. The molecular formula is C10H14N2O2. The molecule has 14 heavy (non-hydrogen) atoms. The van der Waals surface area contributed by atoms with Crippen molar-refractivity contribution in [1.82, 2.24) is 0 Å². The molecule has 1 rings (SSSR count). The van der Waals surface area contributed by atoms with Gasteiger partial charge in [-0.25, -0.2) is 0 Å². The fourth-order valence-corrected chi connectivity index (χ4v) is 1.32. The van der Waals surface area contributed by atoms with Gasteiger partial charge < -0.3 is 16.6 Å². The lowest BCUT2D eigenvalue weighted by Gasteiger charge is -2.08. The van der Waals surface area contributed by atoms with E-state index in [2.05, 4.69) is 0 Å². The summed E-state index contributed by atoms with van der Waals surface area (Å²) in [4.78, 5) is 10.4. The van der Waals surface area contributed by atoms with Crippen molar-refractivity contribution in [3.8, 4) is 0 Å². The summed E-state index contributed by atoms with van der Waals surface area (Å²) < 4.78 is 0. The topological polar surface area (TPSA) is 89.3 Å². The Morgan fingerprint density at radius 1 is 1.50 bits per heavy atom. The summed E-state index contributed by atoms with van der Waals surface area (Å²) in [7, 11) is 0. The molecule has 0 saturated carbocycles. The number of aliphatic carboxylic acids is 1. The largest absolute Gasteiger partial charge is 0.481 e. The number of benzene rings is 1. The number of anilines is 1. The molecule has 0 spiro atoms. The van der Waals surface area contributed by atoms with E-state index >= 15 is 0 Å². The van der Waals surface area contributed by atoms with E-state index < -0.39 is 5.97 Å². The Morgan fingerprint density at radius 3 is 2.79 bits per heavy atom. The molecule has 0 bridgehead atoms. The average Bonchev–Trinajstić information content (AvgIpc) is 2.01. The third kappa shape index (κ3) is 3.45. The Kier molecular flexibility index (Phi) is 3.48. The van der Waals surface area contributed by atoms with Gasteiger partial charge in [-0.2, -0.15) is 0 Å². The molecule has 0 aliphatic heterocycles. The second kappa shape index (κ2) is 4.62. The molecule has 4 heteroatoms. The van der Waals surface area contributed by atoms with Crippen molar-refractivity contribution >= 4 is 11.7 Å².